The first-order valence-corrected chi connectivity index (χ1v) is 6.36. The molecular formula is C14H20FNO. The number of fused-ring (bicyclic) bond motifs is 1. The van der Waals surface area contributed by atoms with Crippen LogP contribution in [0.5, 0.6) is 0 Å². The highest BCUT2D eigenvalue weighted by molar-refractivity contribution is 5.32. The monoisotopic (exact) mass is 237 g/mol. The maximum Gasteiger partial charge on any atom is 0.123 e. The summed E-state index contributed by atoms with van der Waals surface area (Å²) in [6, 6.07) is 5.33. The third-order valence-electron chi connectivity index (χ3n) is 3.38. The fourth-order valence-corrected chi connectivity index (χ4v) is 2.45. The van der Waals surface area contributed by atoms with E-state index in [1.807, 2.05) is 6.07 Å². The standard InChI is InChI=1S/C14H20FNO/c1-10(17)7-8-16-14-4-2-3-11-5-6-12(15)9-13(11)14/h5-6,9-10,14,16-17H,2-4,7-8H2,1H3. The van der Waals surface area contributed by atoms with Gasteiger partial charge in [0.2, 0.25) is 0 Å². The van der Waals surface area contributed by atoms with E-state index in [-0.39, 0.29) is 18.0 Å². The fraction of sp³-hybridized carbons (Fsp3) is 0.571. The summed E-state index contributed by atoms with van der Waals surface area (Å²) in [6.07, 6.45) is 3.70. The molecule has 0 amide bonds. The number of nitrogens with one attached hydrogen (secondary N) is 1. The Labute approximate surface area is 102 Å². The summed E-state index contributed by atoms with van der Waals surface area (Å²) in [6.45, 7) is 2.56. The minimum Gasteiger partial charge on any atom is -0.393 e. The number of rotatable bonds is 4. The lowest BCUT2D eigenvalue weighted by Crippen LogP contribution is -2.27. The van der Waals surface area contributed by atoms with Crippen LogP contribution in [-0.4, -0.2) is 17.8 Å². The van der Waals surface area contributed by atoms with E-state index in [0.717, 1.165) is 37.8 Å². The summed E-state index contributed by atoms with van der Waals surface area (Å²) in [5.41, 5.74) is 2.36. The van der Waals surface area contributed by atoms with Crippen LogP contribution in [0.4, 0.5) is 4.39 Å². The number of aliphatic hydroxyl groups is 1. The average molecular weight is 237 g/mol. The van der Waals surface area contributed by atoms with Crippen molar-refractivity contribution in [2.75, 3.05) is 6.54 Å². The zero-order chi connectivity index (χ0) is 12.3. The van der Waals surface area contributed by atoms with Gasteiger partial charge in [-0.25, -0.2) is 4.39 Å². The Morgan fingerprint density at radius 1 is 1.53 bits per heavy atom. The second-order valence-electron chi connectivity index (χ2n) is 4.88. The maximum atomic E-state index is 13.3. The number of aryl methyl sites for hydroxylation is 1. The highest BCUT2D eigenvalue weighted by Gasteiger charge is 2.20. The van der Waals surface area contributed by atoms with E-state index in [1.54, 1.807) is 13.0 Å². The molecule has 2 rings (SSSR count). The van der Waals surface area contributed by atoms with Gasteiger partial charge in [0.15, 0.2) is 0 Å². The Hall–Kier alpha value is -0.930. The Bertz CT molecular complexity index is 378. The minimum atomic E-state index is -0.280. The molecule has 0 saturated heterocycles. The van der Waals surface area contributed by atoms with Crippen LogP contribution in [0, 0.1) is 5.82 Å². The molecule has 1 aromatic rings. The van der Waals surface area contributed by atoms with Crippen molar-refractivity contribution in [1.29, 1.82) is 0 Å². The van der Waals surface area contributed by atoms with Crippen molar-refractivity contribution >= 4 is 0 Å². The van der Waals surface area contributed by atoms with E-state index in [0.29, 0.717) is 0 Å². The molecule has 0 fully saturated rings. The number of hydrogen-bond donors (Lipinski definition) is 2. The smallest absolute Gasteiger partial charge is 0.123 e. The van der Waals surface area contributed by atoms with Crippen molar-refractivity contribution in [3.05, 3.63) is 35.1 Å². The van der Waals surface area contributed by atoms with Gasteiger partial charge in [-0.1, -0.05) is 6.07 Å². The average Bonchev–Trinajstić information content (AvgIpc) is 2.29. The van der Waals surface area contributed by atoms with Crippen molar-refractivity contribution in [3.63, 3.8) is 0 Å². The molecule has 0 bridgehead atoms. The molecule has 3 heteroatoms. The van der Waals surface area contributed by atoms with Crippen molar-refractivity contribution in [3.8, 4) is 0 Å². The highest BCUT2D eigenvalue weighted by atomic mass is 19.1. The Morgan fingerprint density at radius 2 is 2.35 bits per heavy atom. The lowest BCUT2D eigenvalue weighted by Gasteiger charge is -2.26. The zero-order valence-corrected chi connectivity index (χ0v) is 10.2. The first kappa shape index (κ1) is 12.5. The molecule has 1 aliphatic carbocycles. The normalized spacial score (nSPS) is 21.0. The molecule has 0 saturated carbocycles. The van der Waals surface area contributed by atoms with Crippen molar-refractivity contribution in [2.45, 2.75) is 44.8 Å². The lowest BCUT2D eigenvalue weighted by molar-refractivity contribution is 0.181. The number of hydrogen-bond acceptors (Lipinski definition) is 2. The minimum absolute atomic E-state index is 0.159. The largest absolute Gasteiger partial charge is 0.393 e. The summed E-state index contributed by atoms with van der Waals surface area (Å²) >= 11 is 0. The van der Waals surface area contributed by atoms with E-state index in [9.17, 15) is 9.50 Å². The van der Waals surface area contributed by atoms with Crippen LogP contribution < -0.4 is 5.32 Å². The summed E-state index contributed by atoms with van der Waals surface area (Å²) in [7, 11) is 0. The van der Waals surface area contributed by atoms with Crippen LogP contribution >= 0.6 is 0 Å². The Balaban J connectivity index is 2.03. The molecule has 94 valence electrons. The molecule has 2 atom stereocenters. The molecule has 2 nitrogen and oxygen atoms in total. The van der Waals surface area contributed by atoms with E-state index < -0.39 is 0 Å². The summed E-state index contributed by atoms with van der Waals surface area (Å²) in [5, 5.41) is 12.6. The van der Waals surface area contributed by atoms with Crippen molar-refractivity contribution in [1.82, 2.24) is 5.32 Å². The third kappa shape index (κ3) is 3.27. The Kier molecular flexibility index (Phi) is 4.13. The maximum absolute atomic E-state index is 13.3. The van der Waals surface area contributed by atoms with Crippen LogP contribution in [-0.2, 0) is 6.42 Å². The van der Waals surface area contributed by atoms with E-state index in [4.69, 9.17) is 0 Å². The SMILES string of the molecule is CC(O)CCNC1CCCc2ccc(F)cc21. The van der Waals surface area contributed by atoms with Crippen LogP contribution in [0.3, 0.4) is 0 Å². The molecule has 1 aliphatic rings. The van der Waals surface area contributed by atoms with Crippen LogP contribution in [0.15, 0.2) is 18.2 Å². The Morgan fingerprint density at radius 3 is 3.12 bits per heavy atom. The predicted octanol–water partition coefficient (Wildman–Crippen LogP) is 2.56. The number of halogens is 1. The van der Waals surface area contributed by atoms with Gasteiger partial charge in [0.1, 0.15) is 5.82 Å². The molecule has 0 aliphatic heterocycles. The number of aliphatic hydroxyl groups excluding tert-OH is 1. The molecular weight excluding hydrogens is 217 g/mol. The van der Waals surface area contributed by atoms with Crippen LogP contribution in [0.2, 0.25) is 0 Å². The highest BCUT2D eigenvalue weighted by Crippen LogP contribution is 2.30. The van der Waals surface area contributed by atoms with Gasteiger partial charge in [0, 0.05) is 6.04 Å². The second kappa shape index (κ2) is 5.61. The predicted molar refractivity (Wildman–Crippen MR) is 66.4 cm³/mol. The second-order valence-corrected chi connectivity index (χ2v) is 4.88. The van der Waals surface area contributed by atoms with Crippen LogP contribution in [0.1, 0.15) is 43.4 Å². The lowest BCUT2D eigenvalue weighted by atomic mass is 9.87. The van der Waals surface area contributed by atoms with Gasteiger partial charge in [0.05, 0.1) is 6.10 Å². The molecule has 0 radical (unpaired) electrons. The molecule has 17 heavy (non-hydrogen) atoms. The van der Waals surface area contributed by atoms with Gasteiger partial charge in [-0.05, 0) is 62.4 Å². The molecule has 0 heterocycles. The van der Waals surface area contributed by atoms with Gasteiger partial charge >= 0.3 is 0 Å². The van der Waals surface area contributed by atoms with E-state index in [2.05, 4.69) is 5.32 Å². The fourth-order valence-electron chi connectivity index (χ4n) is 2.45. The van der Waals surface area contributed by atoms with E-state index in [1.165, 1.54) is 11.6 Å². The molecule has 0 spiro atoms. The van der Waals surface area contributed by atoms with Gasteiger partial charge in [0.25, 0.3) is 0 Å². The first-order chi connectivity index (χ1) is 8.16. The van der Waals surface area contributed by atoms with Crippen molar-refractivity contribution < 1.29 is 9.50 Å². The summed E-state index contributed by atoms with van der Waals surface area (Å²) in [4.78, 5) is 0. The van der Waals surface area contributed by atoms with Crippen molar-refractivity contribution in [2.24, 2.45) is 0 Å². The van der Waals surface area contributed by atoms with Gasteiger partial charge in [-0.15, -0.1) is 0 Å². The molecule has 2 N–H and O–H groups in total. The van der Waals surface area contributed by atoms with Gasteiger partial charge < -0.3 is 10.4 Å². The summed E-state index contributed by atoms with van der Waals surface area (Å²) < 4.78 is 13.3. The van der Waals surface area contributed by atoms with Crippen LogP contribution in [0.25, 0.3) is 0 Å². The zero-order valence-electron chi connectivity index (χ0n) is 10.2. The molecule has 2 unspecified atom stereocenters. The third-order valence-corrected chi connectivity index (χ3v) is 3.38. The first-order valence-electron chi connectivity index (χ1n) is 6.36. The molecule has 1 aromatic carbocycles. The summed E-state index contributed by atoms with van der Waals surface area (Å²) in [5.74, 6) is -0.159. The van der Waals surface area contributed by atoms with E-state index >= 15 is 0 Å². The number of benzene rings is 1. The quantitative estimate of drug-likeness (QED) is 0.843. The topological polar surface area (TPSA) is 32.3 Å². The van der Waals surface area contributed by atoms with Gasteiger partial charge in [-0.2, -0.15) is 0 Å². The molecule has 0 aromatic heterocycles. The van der Waals surface area contributed by atoms with Gasteiger partial charge in [-0.3, -0.25) is 0 Å².